The maximum absolute atomic E-state index is 12.1. The molecule has 0 unspecified atom stereocenters. The fourth-order valence-corrected chi connectivity index (χ4v) is 1.79. The number of ether oxygens (including phenoxy) is 2. The first-order chi connectivity index (χ1) is 11.5. The lowest BCUT2D eigenvalue weighted by molar-refractivity contribution is -0.222. The van der Waals surface area contributed by atoms with Crippen LogP contribution in [0, 0.1) is 0 Å². The van der Waals surface area contributed by atoms with Crippen LogP contribution in [-0.2, 0) is 23.9 Å². The van der Waals surface area contributed by atoms with E-state index in [2.05, 4.69) is 5.32 Å². The van der Waals surface area contributed by atoms with Crippen LogP contribution >= 0.6 is 0 Å². The molecule has 1 aromatic rings. The lowest BCUT2D eigenvalue weighted by atomic mass is 10.2. The Hall–Kier alpha value is -3.04. The number of carbonyl (C=O) groups is 3. The molecule has 10 heteroatoms. The van der Waals surface area contributed by atoms with Crippen molar-refractivity contribution >= 4 is 29.2 Å². The SMILES string of the molecule is CC1(C)OC(=O)C(=CNc2ccc(NC(=O)C(F)(F)F)cc2)C(=O)O1. The van der Waals surface area contributed by atoms with Gasteiger partial charge in [0.05, 0.1) is 0 Å². The van der Waals surface area contributed by atoms with E-state index >= 15 is 0 Å². The summed E-state index contributed by atoms with van der Waals surface area (Å²) in [5, 5.41) is 4.30. The van der Waals surface area contributed by atoms with Gasteiger partial charge in [-0.2, -0.15) is 13.2 Å². The first kappa shape index (κ1) is 18.3. The van der Waals surface area contributed by atoms with Crippen molar-refractivity contribution in [1.82, 2.24) is 0 Å². The van der Waals surface area contributed by atoms with E-state index in [1.54, 1.807) is 5.32 Å². The highest BCUT2D eigenvalue weighted by molar-refractivity contribution is 6.15. The molecule has 1 saturated heterocycles. The number of cyclic esters (lactones) is 2. The summed E-state index contributed by atoms with van der Waals surface area (Å²) >= 11 is 0. The van der Waals surface area contributed by atoms with Crippen molar-refractivity contribution in [3.8, 4) is 0 Å². The molecule has 0 aromatic heterocycles. The van der Waals surface area contributed by atoms with Crippen molar-refractivity contribution in [2.24, 2.45) is 0 Å². The molecule has 0 radical (unpaired) electrons. The highest BCUT2D eigenvalue weighted by atomic mass is 19.4. The highest BCUT2D eigenvalue weighted by Gasteiger charge is 2.39. The molecular weight excluding hydrogens is 345 g/mol. The Kier molecular flexibility index (Phi) is 4.73. The zero-order valence-corrected chi connectivity index (χ0v) is 13.1. The van der Waals surface area contributed by atoms with Gasteiger partial charge in [0.15, 0.2) is 5.57 Å². The summed E-state index contributed by atoms with van der Waals surface area (Å²) in [7, 11) is 0. The normalized spacial score (nSPS) is 16.6. The molecule has 1 amide bonds. The fraction of sp³-hybridized carbons (Fsp3) is 0.267. The third-order valence-electron chi connectivity index (χ3n) is 2.90. The maximum atomic E-state index is 12.1. The lowest BCUT2D eigenvalue weighted by Gasteiger charge is -2.29. The summed E-state index contributed by atoms with van der Waals surface area (Å²) in [4.78, 5) is 34.3. The number of rotatable bonds is 3. The Bertz CT molecular complexity index is 717. The van der Waals surface area contributed by atoms with Crippen LogP contribution < -0.4 is 10.6 Å². The molecule has 2 rings (SSSR count). The fourth-order valence-electron chi connectivity index (χ4n) is 1.79. The van der Waals surface area contributed by atoms with E-state index < -0.39 is 29.8 Å². The first-order valence-electron chi connectivity index (χ1n) is 6.89. The average Bonchev–Trinajstić information content (AvgIpc) is 2.45. The Balaban J connectivity index is 2.03. The first-order valence-corrected chi connectivity index (χ1v) is 6.89. The number of carbonyl (C=O) groups excluding carboxylic acids is 3. The Morgan fingerprint density at radius 2 is 1.52 bits per heavy atom. The number of anilines is 2. The van der Waals surface area contributed by atoms with Crippen molar-refractivity contribution in [2.75, 3.05) is 10.6 Å². The second kappa shape index (κ2) is 6.46. The molecule has 1 fully saturated rings. The van der Waals surface area contributed by atoms with E-state index in [4.69, 9.17) is 9.47 Å². The molecular formula is C15H13F3N2O5. The van der Waals surface area contributed by atoms with Crippen LogP contribution in [0.3, 0.4) is 0 Å². The molecule has 2 N–H and O–H groups in total. The Morgan fingerprint density at radius 3 is 2.00 bits per heavy atom. The van der Waals surface area contributed by atoms with Crippen LogP contribution in [0.2, 0.25) is 0 Å². The van der Waals surface area contributed by atoms with Crippen LogP contribution in [0.1, 0.15) is 13.8 Å². The number of hydrogen-bond donors (Lipinski definition) is 2. The Labute approximate surface area is 139 Å². The van der Waals surface area contributed by atoms with Crippen LogP contribution in [0.25, 0.3) is 0 Å². The van der Waals surface area contributed by atoms with Crippen molar-refractivity contribution in [2.45, 2.75) is 25.8 Å². The molecule has 0 bridgehead atoms. The third kappa shape index (κ3) is 4.72. The summed E-state index contributed by atoms with van der Waals surface area (Å²) in [6, 6.07) is 5.11. The van der Waals surface area contributed by atoms with Gasteiger partial charge in [0, 0.05) is 31.4 Å². The molecule has 1 aromatic carbocycles. The number of esters is 2. The van der Waals surface area contributed by atoms with Gasteiger partial charge in [-0.05, 0) is 24.3 Å². The smallest absolute Gasteiger partial charge is 0.419 e. The van der Waals surface area contributed by atoms with Gasteiger partial charge >= 0.3 is 24.0 Å². The zero-order valence-electron chi connectivity index (χ0n) is 13.1. The molecule has 0 spiro atoms. The van der Waals surface area contributed by atoms with Gasteiger partial charge in [0.1, 0.15) is 0 Å². The van der Waals surface area contributed by atoms with E-state index in [1.807, 2.05) is 0 Å². The third-order valence-corrected chi connectivity index (χ3v) is 2.90. The average molecular weight is 358 g/mol. The number of benzene rings is 1. The Morgan fingerprint density at radius 1 is 1.04 bits per heavy atom. The number of amides is 1. The summed E-state index contributed by atoms with van der Waals surface area (Å²) in [6.45, 7) is 2.81. The van der Waals surface area contributed by atoms with Crippen LogP contribution in [0.15, 0.2) is 36.0 Å². The van der Waals surface area contributed by atoms with E-state index in [9.17, 15) is 27.6 Å². The molecule has 25 heavy (non-hydrogen) atoms. The van der Waals surface area contributed by atoms with Gasteiger partial charge in [0.2, 0.25) is 0 Å². The number of alkyl halides is 3. The van der Waals surface area contributed by atoms with Gasteiger partial charge in [-0.3, -0.25) is 4.79 Å². The summed E-state index contributed by atoms with van der Waals surface area (Å²) in [5.74, 6) is -5.19. The van der Waals surface area contributed by atoms with Gasteiger partial charge in [-0.15, -0.1) is 0 Å². The van der Waals surface area contributed by atoms with Gasteiger partial charge in [-0.25, -0.2) is 9.59 Å². The van der Waals surface area contributed by atoms with Gasteiger partial charge < -0.3 is 20.1 Å². The molecule has 1 aliphatic heterocycles. The van der Waals surface area contributed by atoms with E-state index in [0.29, 0.717) is 5.69 Å². The highest BCUT2D eigenvalue weighted by Crippen LogP contribution is 2.23. The van der Waals surface area contributed by atoms with Crippen molar-refractivity contribution in [3.63, 3.8) is 0 Å². The predicted molar refractivity (Wildman–Crippen MR) is 79.1 cm³/mol. The number of halogens is 3. The number of nitrogens with one attached hydrogen (secondary N) is 2. The van der Waals surface area contributed by atoms with E-state index in [0.717, 1.165) is 6.20 Å². The lowest BCUT2D eigenvalue weighted by Crippen LogP contribution is -2.42. The van der Waals surface area contributed by atoms with Crippen LogP contribution in [0.4, 0.5) is 24.5 Å². The van der Waals surface area contributed by atoms with Gasteiger partial charge in [-0.1, -0.05) is 0 Å². The van der Waals surface area contributed by atoms with Crippen molar-refractivity contribution < 1.29 is 37.0 Å². The minimum atomic E-state index is -4.99. The molecule has 0 saturated carbocycles. The number of hydrogen-bond acceptors (Lipinski definition) is 6. The quantitative estimate of drug-likeness (QED) is 0.489. The van der Waals surface area contributed by atoms with Gasteiger partial charge in [0.25, 0.3) is 5.79 Å². The summed E-state index contributed by atoms with van der Waals surface area (Å²) < 4.78 is 46.2. The predicted octanol–water partition coefficient (Wildman–Crippen LogP) is 2.32. The van der Waals surface area contributed by atoms with E-state index in [-0.39, 0.29) is 11.3 Å². The van der Waals surface area contributed by atoms with E-state index in [1.165, 1.54) is 38.1 Å². The second-order valence-corrected chi connectivity index (χ2v) is 5.41. The summed E-state index contributed by atoms with van der Waals surface area (Å²) in [5.41, 5.74) is -0.0875. The minimum Gasteiger partial charge on any atom is -0.419 e. The molecule has 7 nitrogen and oxygen atoms in total. The van der Waals surface area contributed by atoms with Crippen molar-refractivity contribution in [3.05, 3.63) is 36.0 Å². The molecule has 134 valence electrons. The van der Waals surface area contributed by atoms with Crippen molar-refractivity contribution in [1.29, 1.82) is 0 Å². The minimum absolute atomic E-state index is 0.0706. The molecule has 1 heterocycles. The van der Waals surface area contributed by atoms with Crippen LogP contribution in [0.5, 0.6) is 0 Å². The largest absolute Gasteiger partial charge is 0.471 e. The molecule has 0 aliphatic carbocycles. The topological polar surface area (TPSA) is 93.7 Å². The standard InChI is InChI=1S/C15H13F3N2O5/c1-14(2)24-11(21)10(12(22)25-14)7-19-8-3-5-9(6-4-8)20-13(23)15(16,17)18/h3-7,19H,1-2H3,(H,20,23). The summed E-state index contributed by atoms with van der Waals surface area (Å²) in [6.07, 6.45) is -3.93. The maximum Gasteiger partial charge on any atom is 0.471 e. The van der Waals surface area contributed by atoms with Crippen LogP contribution in [-0.4, -0.2) is 29.8 Å². The second-order valence-electron chi connectivity index (χ2n) is 5.41. The molecule has 1 aliphatic rings. The molecule has 0 atom stereocenters. The monoisotopic (exact) mass is 358 g/mol. The zero-order chi connectivity index (χ0) is 18.8.